The Morgan fingerprint density at radius 3 is 2.44 bits per heavy atom. The van der Waals surface area contributed by atoms with Crippen LogP contribution in [0.25, 0.3) is 11.0 Å². The van der Waals surface area contributed by atoms with Gasteiger partial charge in [-0.25, -0.2) is 9.97 Å². The topological polar surface area (TPSA) is 202 Å². The second-order valence-corrected chi connectivity index (χ2v) is 16.7. The van der Waals surface area contributed by atoms with Crippen molar-refractivity contribution >= 4 is 75.7 Å². The summed E-state index contributed by atoms with van der Waals surface area (Å²) in [6.45, 7) is 3.19. The van der Waals surface area contributed by atoms with E-state index in [0.717, 1.165) is 47.3 Å². The number of nitrogens with zero attached hydrogens (tertiary/aromatic N) is 8. The SMILES string of the molecule is CN(C)C(=O)c1cc2cnc(Nc3ccc(N4CCN(C(=O)COCCOCCSc5cccc6c5C(=O)N(C5CCC(=O)NC5=O)C6=O)CC4)cn3)nc2n1C1CCCC1. The van der Waals surface area contributed by atoms with Crippen LogP contribution in [0.4, 0.5) is 17.5 Å². The van der Waals surface area contributed by atoms with Crippen molar-refractivity contribution in [2.45, 2.75) is 55.5 Å². The van der Waals surface area contributed by atoms with Crippen LogP contribution in [-0.4, -0.2) is 148 Å². The number of amides is 6. The minimum Gasteiger partial charge on any atom is -0.378 e. The van der Waals surface area contributed by atoms with Gasteiger partial charge in [0.15, 0.2) is 0 Å². The highest BCUT2D eigenvalue weighted by Gasteiger charge is 2.45. The fourth-order valence-corrected chi connectivity index (χ4v) is 9.19. The van der Waals surface area contributed by atoms with Gasteiger partial charge in [0.2, 0.25) is 23.7 Å². The predicted octanol–water partition coefficient (Wildman–Crippen LogP) is 3.26. The van der Waals surface area contributed by atoms with E-state index in [4.69, 9.17) is 14.5 Å². The average Bonchev–Trinajstić information content (AvgIpc) is 3.99. The smallest absolute Gasteiger partial charge is 0.270 e. The molecule has 4 aliphatic rings. The number of piperidine rings is 1. The summed E-state index contributed by atoms with van der Waals surface area (Å²) in [5.74, 6) is -0.803. The Hall–Kier alpha value is -5.92. The molecule has 1 unspecified atom stereocenters. The van der Waals surface area contributed by atoms with Crippen molar-refractivity contribution in [3.8, 4) is 0 Å². The van der Waals surface area contributed by atoms with Gasteiger partial charge in [0.05, 0.1) is 42.8 Å². The summed E-state index contributed by atoms with van der Waals surface area (Å²) in [6.07, 6.45) is 7.97. The van der Waals surface area contributed by atoms with Crippen molar-refractivity contribution in [2.24, 2.45) is 0 Å². The van der Waals surface area contributed by atoms with Gasteiger partial charge in [-0.3, -0.25) is 39.0 Å². The highest BCUT2D eigenvalue weighted by molar-refractivity contribution is 7.99. The first-order chi connectivity index (χ1) is 29.6. The first kappa shape index (κ1) is 41.8. The van der Waals surface area contributed by atoms with Crippen molar-refractivity contribution in [1.82, 2.24) is 39.5 Å². The number of nitrogens with one attached hydrogen (secondary N) is 2. The minimum atomic E-state index is -1.02. The van der Waals surface area contributed by atoms with E-state index in [1.54, 1.807) is 54.5 Å². The zero-order valence-electron chi connectivity index (χ0n) is 34.1. The van der Waals surface area contributed by atoms with Gasteiger partial charge in [-0.05, 0) is 49.6 Å². The number of anilines is 3. The molecule has 2 saturated heterocycles. The number of thioether (sulfide) groups is 1. The summed E-state index contributed by atoms with van der Waals surface area (Å²) in [4.78, 5) is 97.4. The van der Waals surface area contributed by atoms with E-state index in [9.17, 15) is 28.8 Å². The van der Waals surface area contributed by atoms with E-state index in [-0.39, 0.29) is 61.6 Å². The second-order valence-electron chi connectivity index (χ2n) is 15.5. The van der Waals surface area contributed by atoms with Crippen molar-refractivity contribution < 1.29 is 38.2 Å². The number of fused-ring (bicyclic) bond motifs is 2. The molecule has 8 rings (SSSR count). The Labute approximate surface area is 356 Å². The normalized spacial score (nSPS) is 18.3. The minimum absolute atomic E-state index is 0.0531. The number of carbonyl (C=O) groups excluding carboxylic acids is 6. The van der Waals surface area contributed by atoms with Gasteiger partial charge >= 0.3 is 0 Å². The van der Waals surface area contributed by atoms with Crippen LogP contribution in [-0.2, 0) is 23.9 Å². The molecule has 0 spiro atoms. The first-order valence-corrected chi connectivity index (χ1v) is 21.5. The first-order valence-electron chi connectivity index (χ1n) is 20.6. The molecular formula is C42H48N10O8S. The number of pyridine rings is 1. The molecule has 4 aromatic rings. The molecule has 6 heterocycles. The molecule has 0 bridgehead atoms. The number of imide groups is 2. The van der Waals surface area contributed by atoms with E-state index in [1.807, 2.05) is 18.2 Å². The van der Waals surface area contributed by atoms with Crippen molar-refractivity contribution in [3.05, 3.63) is 65.6 Å². The number of ether oxygens (including phenoxy) is 2. The molecule has 6 amide bonds. The Morgan fingerprint density at radius 2 is 1.70 bits per heavy atom. The zero-order valence-corrected chi connectivity index (χ0v) is 34.9. The molecule has 18 nitrogen and oxygen atoms in total. The standard InChI is InChI=1S/C42H48N10O8S/c1-48(2)40(57)31-22-26-23-44-42(47-37(26)51(31)27-6-3-4-7-27)45-33-12-10-28(24-43-33)49-14-16-50(17-15-49)35(54)25-60-19-18-59-20-21-61-32-9-5-8-29-36(32)41(58)52(39(29)56)30-11-13-34(53)46-38(30)55/h5,8-10,12,22-24,27,30H,3-4,6-7,11,13-21,25H2,1-2H3,(H,46,53,55)(H,43,44,45,47). The monoisotopic (exact) mass is 852 g/mol. The summed E-state index contributed by atoms with van der Waals surface area (Å²) in [6, 6.07) is 9.96. The number of hydrogen-bond donors (Lipinski definition) is 2. The molecule has 3 aliphatic heterocycles. The number of benzene rings is 1. The van der Waals surface area contributed by atoms with E-state index in [0.29, 0.717) is 60.9 Å². The lowest BCUT2D eigenvalue weighted by atomic mass is 10.0. The molecule has 1 atom stereocenters. The van der Waals surface area contributed by atoms with Crippen LogP contribution in [0, 0.1) is 0 Å². The average molecular weight is 853 g/mol. The molecule has 3 fully saturated rings. The number of piperazine rings is 1. The van der Waals surface area contributed by atoms with Crippen LogP contribution in [0.1, 0.15) is 75.8 Å². The maximum absolute atomic E-state index is 13.3. The molecule has 1 aliphatic carbocycles. The van der Waals surface area contributed by atoms with Crippen molar-refractivity contribution in [3.63, 3.8) is 0 Å². The van der Waals surface area contributed by atoms with Gasteiger partial charge in [-0.2, -0.15) is 4.98 Å². The number of carbonyl (C=O) groups is 6. The number of aromatic nitrogens is 4. The van der Waals surface area contributed by atoms with Crippen molar-refractivity contribution in [1.29, 1.82) is 0 Å². The summed E-state index contributed by atoms with van der Waals surface area (Å²) in [5.41, 5.74) is 2.80. The van der Waals surface area contributed by atoms with Crippen LogP contribution in [0.15, 0.2) is 53.7 Å². The van der Waals surface area contributed by atoms with E-state index >= 15 is 0 Å². The van der Waals surface area contributed by atoms with E-state index in [2.05, 4.69) is 30.1 Å². The summed E-state index contributed by atoms with van der Waals surface area (Å²) >= 11 is 1.37. The summed E-state index contributed by atoms with van der Waals surface area (Å²) in [7, 11) is 3.51. The molecule has 61 heavy (non-hydrogen) atoms. The predicted molar refractivity (Wildman–Crippen MR) is 225 cm³/mol. The van der Waals surface area contributed by atoms with Gasteiger partial charge in [0.25, 0.3) is 17.7 Å². The Balaban J connectivity index is 0.742. The molecule has 0 radical (unpaired) electrons. The second kappa shape index (κ2) is 18.4. The molecule has 19 heteroatoms. The van der Waals surface area contributed by atoms with Crippen LogP contribution < -0.4 is 15.5 Å². The van der Waals surface area contributed by atoms with Crippen LogP contribution in [0.2, 0.25) is 0 Å². The van der Waals surface area contributed by atoms with E-state index < -0.39 is 29.7 Å². The lowest BCUT2D eigenvalue weighted by molar-refractivity contribution is -0.137. The molecule has 320 valence electrons. The lowest BCUT2D eigenvalue weighted by Crippen LogP contribution is -2.54. The molecule has 1 aromatic carbocycles. The summed E-state index contributed by atoms with van der Waals surface area (Å²) < 4.78 is 13.4. The fourth-order valence-electron chi connectivity index (χ4n) is 8.26. The quantitative estimate of drug-likeness (QED) is 0.100. The largest absolute Gasteiger partial charge is 0.378 e. The molecule has 3 aromatic heterocycles. The third-order valence-corrected chi connectivity index (χ3v) is 12.4. The molecule has 1 saturated carbocycles. The lowest BCUT2D eigenvalue weighted by Gasteiger charge is -2.36. The van der Waals surface area contributed by atoms with Crippen LogP contribution in [0.5, 0.6) is 0 Å². The zero-order chi connectivity index (χ0) is 42.6. The van der Waals surface area contributed by atoms with E-state index in [1.165, 1.54) is 11.8 Å². The molecule has 2 N–H and O–H groups in total. The third-order valence-electron chi connectivity index (χ3n) is 11.4. The Bertz CT molecular complexity index is 2340. The third kappa shape index (κ3) is 8.94. The maximum atomic E-state index is 13.3. The van der Waals surface area contributed by atoms with Gasteiger partial charge < -0.3 is 34.1 Å². The van der Waals surface area contributed by atoms with Crippen LogP contribution >= 0.6 is 11.8 Å². The Kier molecular flexibility index (Phi) is 12.6. The van der Waals surface area contributed by atoms with Crippen LogP contribution in [0.3, 0.4) is 0 Å². The fraction of sp³-hybridized carbons (Fsp3) is 0.452. The summed E-state index contributed by atoms with van der Waals surface area (Å²) in [5, 5.41) is 6.25. The van der Waals surface area contributed by atoms with Gasteiger partial charge in [0.1, 0.15) is 29.8 Å². The maximum Gasteiger partial charge on any atom is 0.270 e. The highest BCUT2D eigenvalue weighted by atomic mass is 32.2. The highest BCUT2D eigenvalue weighted by Crippen LogP contribution is 2.36. The Morgan fingerprint density at radius 1 is 0.918 bits per heavy atom. The van der Waals surface area contributed by atoms with Gasteiger partial charge in [-0.15, -0.1) is 11.8 Å². The molecular weight excluding hydrogens is 805 g/mol. The number of hydrogen-bond acceptors (Lipinski definition) is 14. The van der Waals surface area contributed by atoms with Gasteiger partial charge in [0, 0.05) is 75.0 Å². The van der Waals surface area contributed by atoms with Crippen molar-refractivity contribution in [2.75, 3.05) is 82.7 Å². The number of rotatable bonds is 15. The van der Waals surface area contributed by atoms with Gasteiger partial charge in [-0.1, -0.05) is 18.9 Å².